The van der Waals surface area contributed by atoms with Gasteiger partial charge in [0.1, 0.15) is 0 Å². The molecule has 0 spiro atoms. The minimum atomic E-state index is -1.27. The Hall–Kier alpha value is -5.26. The molecule has 0 radical (unpaired) electrons. The molecule has 0 bridgehead atoms. The standard InChI is InChI=1S/C50H39NS3/c1-53(2)44-18-10-8-15-40(44)48-42(16-11-19-45(48)53)51(36-24-22-33(23-25-36)35-21-20-32-12-5-6-13-34(32)30-35)37-26-27-41-47(31-37)54(3,4)46-29-28-39-38-14-7-9-17-43(38)52-50(39)49(41)46/h5-31H,1-4H3. The second-order valence-corrected chi connectivity index (χ2v) is 23.5. The van der Waals surface area contributed by atoms with Gasteiger partial charge in [-0.15, -0.1) is 11.3 Å². The van der Waals surface area contributed by atoms with Gasteiger partial charge in [-0.25, -0.2) is 0 Å². The lowest BCUT2D eigenvalue weighted by molar-refractivity contribution is 1.25. The quantitative estimate of drug-likeness (QED) is 0.173. The van der Waals surface area contributed by atoms with Crippen LogP contribution in [-0.2, 0) is 0 Å². The van der Waals surface area contributed by atoms with Gasteiger partial charge in [-0.3, -0.25) is 0 Å². The third kappa shape index (κ3) is 4.54. The van der Waals surface area contributed by atoms with Crippen LogP contribution in [0, 0.1) is 0 Å². The van der Waals surface area contributed by atoms with E-state index in [2.05, 4.69) is 194 Å². The Kier molecular flexibility index (Phi) is 6.93. The molecule has 3 heterocycles. The van der Waals surface area contributed by atoms with Crippen molar-refractivity contribution in [1.82, 2.24) is 0 Å². The molecule has 0 atom stereocenters. The molecule has 54 heavy (non-hydrogen) atoms. The van der Waals surface area contributed by atoms with E-state index in [-0.39, 0.29) is 0 Å². The summed E-state index contributed by atoms with van der Waals surface area (Å²) in [6, 6.07) is 61.8. The summed E-state index contributed by atoms with van der Waals surface area (Å²) >= 11 is 1.95. The third-order valence-electron chi connectivity index (χ3n) is 11.8. The Morgan fingerprint density at radius 3 is 1.96 bits per heavy atom. The van der Waals surface area contributed by atoms with E-state index in [4.69, 9.17) is 0 Å². The van der Waals surface area contributed by atoms with E-state index in [1.54, 1.807) is 0 Å². The van der Waals surface area contributed by atoms with Crippen LogP contribution >= 0.6 is 31.4 Å². The molecular weight excluding hydrogens is 711 g/mol. The van der Waals surface area contributed by atoms with Crippen molar-refractivity contribution in [2.24, 2.45) is 0 Å². The van der Waals surface area contributed by atoms with Crippen LogP contribution in [0.2, 0.25) is 0 Å². The zero-order valence-corrected chi connectivity index (χ0v) is 33.2. The molecule has 0 unspecified atom stereocenters. The molecule has 0 saturated carbocycles. The van der Waals surface area contributed by atoms with Crippen LogP contribution in [0.5, 0.6) is 0 Å². The van der Waals surface area contributed by atoms with E-state index in [9.17, 15) is 0 Å². The molecule has 1 aromatic heterocycles. The molecule has 262 valence electrons. The van der Waals surface area contributed by atoms with Gasteiger partial charge in [-0.2, -0.15) is 20.1 Å². The minimum absolute atomic E-state index is 1.16. The van der Waals surface area contributed by atoms with Crippen molar-refractivity contribution < 1.29 is 0 Å². The maximum atomic E-state index is 2.54. The van der Waals surface area contributed by atoms with E-state index < -0.39 is 20.1 Å². The first kappa shape index (κ1) is 32.2. The number of hydrogen-bond acceptors (Lipinski definition) is 2. The maximum absolute atomic E-state index is 2.54. The monoisotopic (exact) mass is 749 g/mol. The highest BCUT2D eigenvalue weighted by molar-refractivity contribution is 8.33. The zero-order chi connectivity index (χ0) is 36.3. The van der Waals surface area contributed by atoms with E-state index >= 15 is 0 Å². The molecule has 0 amide bonds. The van der Waals surface area contributed by atoms with Gasteiger partial charge in [0.25, 0.3) is 0 Å². The van der Waals surface area contributed by atoms with Crippen molar-refractivity contribution in [3.05, 3.63) is 164 Å². The fourth-order valence-electron chi connectivity index (χ4n) is 9.09. The van der Waals surface area contributed by atoms with E-state index in [0.717, 1.165) is 0 Å². The number of fused-ring (bicyclic) bond motifs is 11. The van der Waals surface area contributed by atoms with Gasteiger partial charge in [0.15, 0.2) is 0 Å². The number of nitrogens with zero attached hydrogens (tertiary/aromatic N) is 1. The van der Waals surface area contributed by atoms with Gasteiger partial charge in [0, 0.05) is 62.3 Å². The summed E-state index contributed by atoms with van der Waals surface area (Å²) in [6.45, 7) is 0. The van der Waals surface area contributed by atoms with Crippen molar-refractivity contribution >= 4 is 79.4 Å². The molecule has 0 saturated heterocycles. The molecule has 9 aromatic rings. The molecule has 0 N–H and O–H groups in total. The summed E-state index contributed by atoms with van der Waals surface area (Å²) < 4.78 is 2.78. The average molecular weight is 750 g/mol. The van der Waals surface area contributed by atoms with Crippen LogP contribution in [0.1, 0.15) is 0 Å². The van der Waals surface area contributed by atoms with Crippen molar-refractivity contribution in [1.29, 1.82) is 0 Å². The Balaban J connectivity index is 1.11. The molecule has 2 aliphatic rings. The normalized spacial score (nSPS) is 15.8. The molecule has 8 aromatic carbocycles. The van der Waals surface area contributed by atoms with Gasteiger partial charge < -0.3 is 4.90 Å². The summed E-state index contributed by atoms with van der Waals surface area (Å²) in [4.78, 5) is 8.44. The lowest BCUT2D eigenvalue weighted by Gasteiger charge is -2.32. The summed E-state index contributed by atoms with van der Waals surface area (Å²) in [5.41, 5.74) is 11.7. The number of hydrogen-bond donors (Lipinski definition) is 0. The van der Waals surface area contributed by atoms with Crippen molar-refractivity contribution in [2.45, 2.75) is 19.6 Å². The minimum Gasteiger partial charge on any atom is -0.310 e. The Bertz CT molecular complexity index is 3000. The van der Waals surface area contributed by atoms with Gasteiger partial charge >= 0.3 is 0 Å². The Morgan fingerprint density at radius 2 is 1.09 bits per heavy atom. The first-order valence-corrected chi connectivity index (χ1v) is 24.2. The topological polar surface area (TPSA) is 3.24 Å². The van der Waals surface area contributed by atoms with Crippen LogP contribution in [0.3, 0.4) is 0 Å². The maximum Gasteiger partial charge on any atom is 0.0551 e. The molecule has 11 rings (SSSR count). The fraction of sp³-hybridized carbons (Fsp3) is 0.0800. The number of rotatable bonds is 4. The molecular formula is C50H39NS3. The largest absolute Gasteiger partial charge is 0.310 e. The van der Waals surface area contributed by atoms with Gasteiger partial charge in [-0.05, 0) is 119 Å². The lowest BCUT2D eigenvalue weighted by Crippen LogP contribution is -2.12. The van der Waals surface area contributed by atoms with Crippen molar-refractivity contribution in [3.63, 3.8) is 0 Å². The summed E-state index contributed by atoms with van der Waals surface area (Å²) in [5, 5.41) is 5.27. The summed E-state index contributed by atoms with van der Waals surface area (Å²) in [5.74, 6) is 0. The fourth-order valence-corrected chi connectivity index (χ4v) is 15.4. The van der Waals surface area contributed by atoms with Crippen LogP contribution < -0.4 is 4.90 Å². The van der Waals surface area contributed by atoms with Crippen LogP contribution in [0.4, 0.5) is 17.1 Å². The van der Waals surface area contributed by atoms with Gasteiger partial charge in [0.05, 0.1) is 5.69 Å². The van der Waals surface area contributed by atoms with E-state index in [1.807, 2.05) is 11.3 Å². The number of thiophene rings is 1. The highest BCUT2D eigenvalue weighted by atomic mass is 32.3. The van der Waals surface area contributed by atoms with E-state index in [1.165, 1.54) is 101 Å². The molecule has 4 heteroatoms. The molecule has 0 fully saturated rings. The first-order valence-electron chi connectivity index (χ1n) is 18.5. The predicted octanol–water partition coefficient (Wildman–Crippen LogP) is 15.3. The zero-order valence-electron chi connectivity index (χ0n) is 30.8. The Labute approximate surface area is 324 Å². The smallest absolute Gasteiger partial charge is 0.0551 e. The SMILES string of the molecule is CS1(C)c2ccccc2-c2c(N(c3ccc(-c4ccc5ccccc5c4)cc3)c3ccc4c(c3)S(C)(C)c3ccc5c(sc6ccccc65)c3-4)cccc21. The van der Waals surface area contributed by atoms with Crippen molar-refractivity contribution in [2.75, 3.05) is 29.9 Å². The second kappa shape index (κ2) is 11.6. The molecule has 1 nitrogen and oxygen atoms in total. The average Bonchev–Trinajstić information content (AvgIpc) is 3.78. The van der Waals surface area contributed by atoms with Crippen LogP contribution in [-0.4, -0.2) is 25.0 Å². The first-order chi connectivity index (χ1) is 26.3. The highest BCUT2D eigenvalue weighted by Gasteiger charge is 2.37. The van der Waals surface area contributed by atoms with Crippen molar-refractivity contribution in [3.8, 4) is 33.4 Å². The Morgan fingerprint density at radius 1 is 0.426 bits per heavy atom. The van der Waals surface area contributed by atoms with Crippen LogP contribution in [0.25, 0.3) is 64.3 Å². The number of anilines is 3. The predicted molar refractivity (Wildman–Crippen MR) is 240 cm³/mol. The molecule has 2 aliphatic heterocycles. The molecule has 0 aliphatic carbocycles. The van der Waals surface area contributed by atoms with Gasteiger partial charge in [-0.1, -0.05) is 103 Å². The third-order valence-corrected chi connectivity index (χ3v) is 18.8. The summed E-state index contributed by atoms with van der Waals surface area (Å²) in [6.07, 6.45) is 9.89. The number of benzene rings is 8. The second-order valence-electron chi connectivity index (χ2n) is 15.3. The van der Waals surface area contributed by atoms with Crippen LogP contribution in [0.15, 0.2) is 183 Å². The highest BCUT2D eigenvalue weighted by Crippen LogP contribution is 2.71. The van der Waals surface area contributed by atoms with E-state index in [0.29, 0.717) is 0 Å². The lowest BCUT2D eigenvalue weighted by atomic mass is 9.99. The van der Waals surface area contributed by atoms with Gasteiger partial charge in [0.2, 0.25) is 0 Å². The summed E-state index contributed by atoms with van der Waals surface area (Å²) in [7, 11) is -2.43.